The number of hydrogen-bond donors (Lipinski definition) is 0. The van der Waals surface area contributed by atoms with Crippen LogP contribution in [-0.2, 0) is 7.05 Å². The normalized spacial score (nSPS) is 10.4. The summed E-state index contributed by atoms with van der Waals surface area (Å²) in [4.78, 5) is 15.7. The summed E-state index contributed by atoms with van der Waals surface area (Å²) in [5.41, 5.74) is 1.34. The van der Waals surface area contributed by atoms with Crippen molar-refractivity contribution in [1.82, 2.24) is 9.55 Å². The number of aromatic nitrogens is 2. The summed E-state index contributed by atoms with van der Waals surface area (Å²) in [5.74, 6) is 0.131. The molecule has 0 spiro atoms. The summed E-state index contributed by atoms with van der Waals surface area (Å²) in [5, 5.41) is 0. The molecule has 4 nitrogen and oxygen atoms in total. The Labute approximate surface area is 80.8 Å². The number of fused-ring (bicyclic) bond motifs is 1. The molecule has 0 aliphatic rings. The van der Waals surface area contributed by atoms with Crippen LogP contribution in [-0.4, -0.2) is 16.7 Å². The van der Waals surface area contributed by atoms with Crippen molar-refractivity contribution < 1.29 is 4.74 Å². The predicted molar refractivity (Wildman–Crippen MR) is 53.5 cm³/mol. The van der Waals surface area contributed by atoms with Crippen LogP contribution in [0.1, 0.15) is 0 Å². The van der Waals surface area contributed by atoms with Gasteiger partial charge in [-0.3, -0.25) is 4.79 Å². The minimum atomic E-state index is -0.216. The number of methoxy groups -OCH3 is 1. The molecule has 1 aromatic carbocycles. The van der Waals surface area contributed by atoms with Crippen LogP contribution >= 0.6 is 0 Å². The summed E-state index contributed by atoms with van der Waals surface area (Å²) in [6.07, 6.45) is 0. The predicted octanol–water partition coefficient (Wildman–Crippen LogP) is 0.942. The van der Waals surface area contributed by atoms with Gasteiger partial charge in [0.2, 0.25) is 0 Å². The molecule has 0 bridgehead atoms. The fourth-order valence-corrected chi connectivity index (χ4v) is 1.39. The van der Waals surface area contributed by atoms with Gasteiger partial charge >= 0.3 is 5.56 Å². The van der Waals surface area contributed by atoms with E-state index in [1.54, 1.807) is 7.05 Å². The van der Waals surface area contributed by atoms with Crippen LogP contribution in [0.15, 0.2) is 29.1 Å². The number of ether oxygens (including phenoxy) is 1. The molecular formula is C10H10N2O2. The molecule has 0 unspecified atom stereocenters. The monoisotopic (exact) mass is 190 g/mol. The first-order valence-corrected chi connectivity index (χ1v) is 4.24. The van der Waals surface area contributed by atoms with E-state index in [9.17, 15) is 4.79 Å². The first kappa shape index (κ1) is 8.74. The van der Waals surface area contributed by atoms with Crippen molar-refractivity contribution >= 4 is 11.0 Å². The second-order valence-electron chi connectivity index (χ2n) is 2.97. The van der Waals surface area contributed by atoms with Crippen LogP contribution < -0.4 is 10.3 Å². The Morgan fingerprint density at radius 1 is 1.36 bits per heavy atom. The molecule has 0 fully saturated rings. The van der Waals surface area contributed by atoms with Crippen LogP contribution in [0.2, 0.25) is 0 Å². The lowest BCUT2D eigenvalue weighted by Crippen LogP contribution is -2.20. The van der Waals surface area contributed by atoms with Gasteiger partial charge in [-0.25, -0.2) is 4.98 Å². The van der Waals surface area contributed by atoms with Gasteiger partial charge in [0.05, 0.1) is 18.1 Å². The molecule has 0 N–H and O–H groups in total. The fraction of sp³-hybridized carbons (Fsp3) is 0.200. The summed E-state index contributed by atoms with van der Waals surface area (Å²) in [6.45, 7) is 0. The Bertz CT molecular complexity index is 531. The SMILES string of the molecule is COc1nc2ccccc2n(C)c1=O. The molecule has 0 atom stereocenters. The van der Waals surface area contributed by atoms with Gasteiger partial charge in [-0.1, -0.05) is 12.1 Å². The maximum atomic E-state index is 11.6. The van der Waals surface area contributed by atoms with Crippen molar-refractivity contribution in [3.8, 4) is 5.88 Å². The third-order valence-corrected chi connectivity index (χ3v) is 2.15. The van der Waals surface area contributed by atoms with Crippen molar-refractivity contribution in [3.63, 3.8) is 0 Å². The van der Waals surface area contributed by atoms with Gasteiger partial charge in [0.15, 0.2) is 0 Å². The maximum absolute atomic E-state index is 11.6. The lowest BCUT2D eigenvalue weighted by atomic mass is 10.3. The lowest BCUT2D eigenvalue weighted by Gasteiger charge is -2.05. The van der Waals surface area contributed by atoms with Crippen LogP contribution in [0.4, 0.5) is 0 Å². The molecule has 0 radical (unpaired) electrons. The Hall–Kier alpha value is -1.84. The van der Waals surface area contributed by atoms with E-state index in [4.69, 9.17) is 4.74 Å². The van der Waals surface area contributed by atoms with Gasteiger partial charge in [-0.2, -0.15) is 0 Å². The van der Waals surface area contributed by atoms with Crippen molar-refractivity contribution in [2.45, 2.75) is 0 Å². The average Bonchev–Trinajstić information content (AvgIpc) is 2.23. The molecule has 0 aliphatic heterocycles. The topological polar surface area (TPSA) is 44.1 Å². The number of aryl methyl sites for hydroxylation is 1. The Morgan fingerprint density at radius 3 is 2.79 bits per heavy atom. The van der Waals surface area contributed by atoms with Gasteiger partial charge in [0.1, 0.15) is 0 Å². The van der Waals surface area contributed by atoms with E-state index >= 15 is 0 Å². The largest absolute Gasteiger partial charge is 0.477 e. The summed E-state index contributed by atoms with van der Waals surface area (Å²) in [7, 11) is 3.15. The highest BCUT2D eigenvalue weighted by Crippen LogP contribution is 2.10. The van der Waals surface area contributed by atoms with Gasteiger partial charge in [0, 0.05) is 7.05 Å². The van der Waals surface area contributed by atoms with Gasteiger partial charge in [-0.05, 0) is 12.1 Å². The molecule has 4 heteroatoms. The minimum Gasteiger partial charge on any atom is -0.477 e. The molecule has 1 aromatic heterocycles. The van der Waals surface area contributed by atoms with Gasteiger partial charge in [0.25, 0.3) is 5.88 Å². The number of nitrogens with zero attached hydrogens (tertiary/aromatic N) is 2. The van der Waals surface area contributed by atoms with Crippen LogP contribution in [0, 0.1) is 0 Å². The summed E-state index contributed by atoms with van der Waals surface area (Å²) < 4.78 is 6.42. The first-order valence-electron chi connectivity index (χ1n) is 4.24. The third kappa shape index (κ3) is 1.16. The van der Waals surface area contributed by atoms with E-state index in [2.05, 4.69) is 4.98 Å². The molecule has 0 aliphatic carbocycles. The van der Waals surface area contributed by atoms with E-state index in [1.807, 2.05) is 24.3 Å². The molecule has 2 rings (SSSR count). The highest BCUT2D eigenvalue weighted by Gasteiger charge is 2.06. The molecule has 14 heavy (non-hydrogen) atoms. The smallest absolute Gasteiger partial charge is 0.313 e. The first-order chi connectivity index (χ1) is 6.74. The molecule has 0 saturated heterocycles. The molecular weight excluding hydrogens is 180 g/mol. The molecule has 0 amide bonds. The van der Waals surface area contributed by atoms with E-state index in [0.717, 1.165) is 11.0 Å². The van der Waals surface area contributed by atoms with Crippen molar-refractivity contribution in [3.05, 3.63) is 34.6 Å². The number of rotatable bonds is 1. The van der Waals surface area contributed by atoms with Crippen LogP contribution in [0.3, 0.4) is 0 Å². The quantitative estimate of drug-likeness (QED) is 0.672. The second kappa shape index (κ2) is 3.14. The molecule has 1 heterocycles. The van der Waals surface area contributed by atoms with E-state index < -0.39 is 0 Å². The highest BCUT2D eigenvalue weighted by atomic mass is 16.5. The number of hydrogen-bond acceptors (Lipinski definition) is 3. The average molecular weight is 190 g/mol. The molecule has 0 saturated carbocycles. The maximum Gasteiger partial charge on any atom is 0.313 e. The van der Waals surface area contributed by atoms with Crippen LogP contribution in [0.25, 0.3) is 11.0 Å². The number of benzene rings is 1. The Morgan fingerprint density at radius 2 is 2.07 bits per heavy atom. The van der Waals surface area contributed by atoms with E-state index in [1.165, 1.54) is 11.7 Å². The fourth-order valence-electron chi connectivity index (χ4n) is 1.39. The zero-order chi connectivity index (χ0) is 10.1. The van der Waals surface area contributed by atoms with Gasteiger partial charge < -0.3 is 9.30 Å². The van der Waals surface area contributed by atoms with Crippen molar-refractivity contribution in [1.29, 1.82) is 0 Å². The van der Waals surface area contributed by atoms with E-state index in [0.29, 0.717) is 0 Å². The Balaban J connectivity index is 2.92. The summed E-state index contributed by atoms with van der Waals surface area (Å²) >= 11 is 0. The van der Waals surface area contributed by atoms with Crippen LogP contribution in [0.5, 0.6) is 5.88 Å². The zero-order valence-corrected chi connectivity index (χ0v) is 8.02. The van der Waals surface area contributed by atoms with Crippen molar-refractivity contribution in [2.24, 2.45) is 7.05 Å². The standard InChI is InChI=1S/C10H10N2O2/c1-12-8-6-4-3-5-7(8)11-9(14-2)10(12)13/h3-6H,1-2H3. The third-order valence-electron chi connectivity index (χ3n) is 2.15. The minimum absolute atomic E-state index is 0.131. The molecule has 72 valence electrons. The van der Waals surface area contributed by atoms with E-state index in [-0.39, 0.29) is 11.4 Å². The lowest BCUT2D eigenvalue weighted by molar-refractivity contribution is 0.390. The second-order valence-corrected chi connectivity index (χ2v) is 2.97. The van der Waals surface area contributed by atoms with Crippen molar-refractivity contribution in [2.75, 3.05) is 7.11 Å². The Kier molecular flexibility index (Phi) is 1.96. The summed E-state index contributed by atoms with van der Waals surface area (Å²) in [6, 6.07) is 7.44. The highest BCUT2D eigenvalue weighted by molar-refractivity contribution is 5.74. The van der Waals surface area contributed by atoms with Gasteiger partial charge in [-0.15, -0.1) is 0 Å². The molecule has 2 aromatic rings. The zero-order valence-electron chi connectivity index (χ0n) is 8.02. The number of para-hydroxylation sites is 2.